The molecule has 1 aliphatic rings. The van der Waals surface area contributed by atoms with Gasteiger partial charge in [0.25, 0.3) is 0 Å². The van der Waals surface area contributed by atoms with Crippen molar-refractivity contribution in [1.29, 1.82) is 0 Å². The molecule has 1 N–H and O–H groups in total. The van der Waals surface area contributed by atoms with Crippen molar-refractivity contribution >= 4 is 0 Å². The second kappa shape index (κ2) is 13.0. The lowest BCUT2D eigenvalue weighted by molar-refractivity contribution is -0.273. The fourth-order valence-electron chi connectivity index (χ4n) is 4.02. The molecule has 35 heavy (non-hydrogen) atoms. The highest BCUT2D eigenvalue weighted by Gasteiger charge is 2.46. The van der Waals surface area contributed by atoms with E-state index in [0.717, 1.165) is 16.7 Å². The van der Waals surface area contributed by atoms with Crippen LogP contribution in [0.1, 0.15) is 16.7 Å². The number of ether oxygens (including phenoxy) is 4. The van der Waals surface area contributed by atoms with Gasteiger partial charge in [0.2, 0.25) is 0 Å². The highest BCUT2D eigenvalue weighted by molar-refractivity contribution is 5.15. The SMILES string of the molecule is [N-]=[N+]=N[C@@H]1[C@@H](OCc2ccccc2)[C@H](OCc2ccccc2)[C@@H](COCc2ccccc2)O[C@H]1O. The zero-order valence-electron chi connectivity index (χ0n) is 19.3. The Balaban J connectivity index is 1.52. The van der Waals surface area contributed by atoms with Crippen LogP contribution < -0.4 is 0 Å². The van der Waals surface area contributed by atoms with E-state index >= 15 is 0 Å². The number of aliphatic hydroxyl groups is 1. The average molecular weight is 476 g/mol. The predicted molar refractivity (Wildman–Crippen MR) is 130 cm³/mol. The topological polar surface area (TPSA) is 106 Å². The number of hydrogen-bond acceptors (Lipinski definition) is 6. The molecule has 0 bridgehead atoms. The molecule has 3 aromatic carbocycles. The lowest BCUT2D eigenvalue weighted by atomic mass is 9.96. The van der Waals surface area contributed by atoms with Crippen LogP contribution in [0.2, 0.25) is 0 Å². The zero-order chi connectivity index (χ0) is 24.3. The first kappa shape index (κ1) is 24.9. The maximum Gasteiger partial charge on any atom is 0.166 e. The number of rotatable bonds is 11. The Hall–Kier alpha value is -3.23. The van der Waals surface area contributed by atoms with Crippen LogP contribution in [0.4, 0.5) is 0 Å². The first-order chi connectivity index (χ1) is 17.2. The Morgan fingerprint density at radius 3 is 1.74 bits per heavy atom. The van der Waals surface area contributed by atoms with E-state index in [9.17, 15) is 5.11 Å². The number of azide groups is 1. The molecule has 0 spiro atoms. The van der Waals surface area contributed by atoms with Gasteiger partial charge in [-0.15, -0.1) is 0 Å². The van der Waals surface area contributed by atoms with E-state index in [1.807, 2.05) is 91.0 Å². The smallest absolute Gasteiger partial charge is 0.166 e. The van der Waals surface area contributed by atoms with Crippen LogP contribution in [0.5, 0.6) is 0 Å². The van der Waals surface area contributed by atoms with Gasteiger partial charge >= 0.3 is 0 Å². The Morgan fingerprint density at radius 1 is 0.743 bits per heavy atom. The van der Waals surface area contributed by atoms with Crippen molar-refractivity contribution in [3.8, 4) is 0 Å². The third-order valence-corrected chi connectivity index (χ3v) is 5.78. The number of nitrogens with zero attached hydrogens (tertiary/aromatic N) is 3. The molecule has 0 radical (unpaired) electrons. The third kappa shape index (κ3) is 7.13. The minimum atomic E-state index is -1.35. The summed E-state index contributed by atoms with van der Waals surface area (Å²) in [5.74, 6) is 0. The van der Waals surface area contributed by atoms with Gasteiger partial charge in [-0.3, -0.25) is 0 Å². The molecule has 1 fully saturated rings. The molecule has 1 saturated heterocycles. The number of hydrogen-bond donors (Lipinski definition) is 1. The summed E-state index contributed by atoms with van der Waals surface area (Å²) in [4.78, 5) is 2.91. The highest BCUT2D eigenvalue weighted by Crippen LogP contribution is 2.29. The van der Waals surface area contributed by atoms with Crippen molar-refractivity contribution in [3.63, 3.8) is 0 Å². The highest BCUT2D eigenvalue weighted by atomic mass is 16.7. The molecule has 0 saturated carbocycles. The summed E-state index contributed by atoms with van der Waals surface area (Å²) in [7, 11) is 0. The zero-order valence-corrected chi connectivity index (χ0v) is 19.3. The van der Waals surface area contributed by atoms with Gasteiger partial charge in [0, 0.05) is 4.91 Å². The minimum Gasteiger partial charge on any atom is -0.374 e. The Kier molecular flexibility index (Phi) is 9.25. The molecule has 5 atom stereocenters. The Labute approximate surface area is 204 Å². The Morgan fingerprint density at radius 2 is 1.23 bits per heavy atom. The van der Waals surface area contributed by atoms with Crippen LogP contribution in [0.3, 0.4) is 0 Å². The van der Waals surface area contributed by atoms with Crippen LogP contribution >= 0.6 is 0 Å². The van der Waals surface area contributed by atoms with E-state index in [1.165, 1.54) is 0 Å². The Bertz CT molecular complexity index is 1060. The van der Waals surface area contributed by atoms with Gasteiger partial charge < -0.3 is 24.1 Å². The summed E-state index contributed by atoms with van der Waals surface area (Å²) >= 11 is 0. The summed E-state index contributed by atoms with van der Waals surface area (Å²) in [6.07, 6.45) is -3.38. The van der Waals surface area contributed by atoms with Crippen molar-refractivity contribution in [2.24, 2.45) is 5.11 Å². The maximum atomic E-state index is 10.7. The van der Waals surface area contributed by atoms with Gasteiger partial charge in [-0.25, -0.2) is 0 Å². The molecule has 0 amide bonds. The molecule has 1 heterocycles. The predicted octanol–water partition coefficient (Wildman–Crippen LogP) is 4.77. The van der Waals surface area contributed by atoms with E-state index in [1.54, 1.807) is 0 Å². The molecule has 182 valence electrons. The fourth-order valence-corrected chi connectivity index (χ4v) is 4.02. The van der Waals surface area contributed by atoms with Crippen LogP contribution in [0.25, 0.3) is 10.4 Å². The lowest BCUT2D eigenvalue weighted by Crippen LogP contribution is -2.59. The standard InChI is InChI=1S/C27H29N3O5/c28-30-29-24-26(34-18-22-14-8-3-9-15-22)25(33-17-21-12-6-2-7-13-21)23(35-27(24)31)19-32-16-20-10-4-1-5-11-20/h1-15,23-27,31H,16-19H2/t23-,24-,25-,26-,27-/m1/s1. The van der Waals surface area contributed by atoms with E-state index in [-0.39, 0.29) is 13.2 Å². The van der Waals surface area contributed by atoms with Crippen LogP contribution in [-0.2, 0) is 38.8 Å². The second-order valence-corrected chi connectivity index (χ2v) is 8.28. The van der Waals surface area contributed by atoms with Gasteiger partial charge in [0.15, 0.2) is 6.29 Å². The van der Waals surface area contributed by atoms with Gasteiger partial charge in [0.05, 0.1) is 26.4 Å². The van der Waals surface area contributed by atoms with Crippen LogP contribution in [-0.4, -0.2) is 42.4 Å². The molecular weight excluding hydrogens is 446 g/mol. The summed E-state index contributed by atoms with van der Waals surface area (Å²) in [6.45, 7) is 1.11. The maximum absolute atomic E-state index is 10.7. The molecule has 3 aromatic rings. The minimum absolute atomic E-state index is 0.166. The molecule has 0 aromatic heterocycles. The molecule has 4 rings (SSSR count). The van der Waals surface area contributed by atoms with Crippen LogP contribution in [0.15, 0.2) is 96.1 Å². The number of benzene rings is 3. The molecule has 0 unspecified atom stereocenters. The molecule has 8 nitrogen and oxygen atoms in total. The van der Waals surface area contributed by atoms with Gasteiger partial charge in [-0.05, 0) is 22.2 Å². The summed E-state index contributed by atoms with van der Waals surface area (Å²) < 4.78 is 24.3. The normalized spacial score (nSPS) is 24.0. The lowest BCUT2D eigenvalue weighted by Gasteiger charge is -2.43. The van der Waals surface area contributed by atoms with Crippen molar-refractivity contribution in [3.05, 3.63) is 118 Å². The van der Waals surface area contributed by atoms with E-state index < -0.39 is 30.6 Å². The summed E-state index contributed by atoms with van der Waals surface area (Å²) in [6, 6.07) is 28.2. The fraction of sp³-hybridized carbons (Fsp3) is 0.333. The van der Waals surface area contributed by atoms with E-state index in [2.05, 4.69) is 10.0 Å². The third-order valence-electron chi connectivity index (χ3n) is 5.78. The first-order valence-electron chi connectivity index (χ1n) is 11.5. The van der Waals surface area contributed by atoms with E-state index in [0.29, 0.717) is 13.2 Å². The summed E-state index contributed by atoms with van der Waals surface area (Å²) in [5, 5.41) is 14.5. The van der Waals surface area contributed by atoms with Crippen molar-refractivity contribution in [2.75, 3.05) is 6.61 Å². The molecule has 8 heteroatoms. The van der Waals surface area contributed by atoms with Crippen LogP contribution in [0, 0.1) is 0 Å². The largest absolute Gasteiger partial charge is 0.374 e. The summed E-state index contributed by atoms with van der Waals surface area (Å²) in [5.41, 5.74) is 12.1. The van der Waals surface area contributed by atoms with Crippen molar-refractivity contribution < 1.29 is 24.1 Å². The quantitative estimate of drug-likeness (QED) is 0.244. The van der Waals surface area contributed by atoms with Crippen molar-refractivity contribution in [2.45, 2.75) is 50.5 Å². The monoisotopic (exact) mass is 475 g/mol. The molecule has 0 aliphatic carbocycles. The van der Waals surface area contributed by atoms with E-state index in [4.69, 9.17) is 24.5 Å². The molecular formula is C27H29N3O5. The van der Waals surface area contributed by atoms with Gasteiger partial charge in [0.1, 0.15) is 24.4 Å². The van der Waals surface area contributed by atoms with Crippen molar-refractivity contribution in [1.82, 2.24) is 0 Å². The first-order valence-corrected chi connectivity index (χ1v) is 11.5. The second-order valence-electron chi connectivity index (χ2n) is 8.28. The van der Waals surface area contributed by atoms with Gasteiger partial charge in [-0.2, -0.15) is 0 Å². The average Bonchev–Trinajstić information content (AvgIpc) is 2.90. The van der Waals surface area contributed by atoms with Gasteiger partial charge in [-0.1, -0.05) is 96.1 Å². The molecule has 1 aliphatic heterocycles. The number of aliphatic hydroxyl groups excluding tert-OH is 1.